The number of halogens is 1. The Kier molecular flexibility index (Phi) is 4.00. The standard InChI is InChI=1S/C9H13ClN2O3S2/c1-5(13)12-17(11,15)7-4-6(10)8(16-7)9(2,3)14/h4,14H,1-3H3,(H2,11,12,13,15). The zero-order valence-electron chi connectivity index (χ0n) is 9.56. The number of nitrogens with two attached hydrogens (primary N) is 1. The average molecular weight is 297 g/mol. The summed E-state index contributed by atoms with van der Waals surface area (Å²) in [6.45, 7) is 4.27. The van der Waals surface area contributed by atoms with Gasteiger partial charge in [-0.05, 0) is 19.9 Å². The summed E-state index contributed by atoms with van der Waals surface area (Å²) < 4.78 is 15.5. The van der Waals surface area contributed by atoms with Crippen molar-refractivity contribution in [3.63, 3.8) is 0 Å². The van der Waals surface area contributed by atoms with Gasteiger partial charge in [0.05, 0.1) is 15.5 Å². The van der Waals surface area contributed by atoms with Crippen molar-refractivity contribution >= 4 is 38.8 Å². The molecule has 0 bridgehead atoms. The van der Waals surface area contributed by atoms with Crippen molar-refractivity contribution in [3.05, 3.63) is 16.0 Å². The normalized spacial score (nSPS) is 15.4. The van der Waals surface area contributed by atoms with Crippen LogP contribution in [0.5, 0.6) is 0 Å². The van der Waals surface area contributed by atoms with Crippen LogP contribution in [0.2, 0.25) is 5.02 Å². The fourth-order valence-electron chi connectivity index (χ4n) is 1.15. The molecule has 96 valence electrons. The number of amides is 1. The number of carbonyl (C=O) groups is 1. The Morgan fingerprint density at radius 2 is 2.18 bits per heavy atom. The smallest absolute Gasteiger partial charge is 0.251 e. The van der Waals surface area contributed by atoms with Gasteiger partial charge < -0.3 is 5.11 Å². The Morgan fingerprint density at radius 1 is 1.65 bits per heavy atom. The predicted molar refractivity (Wildman–Crippen MR) is 68.3 cm³/mol. The van der Waals surface area contributed by atoms with Crippen LogP contribution < -0.4 is 5.14 Å². The fourth-order valence-corrected chi connectivity index (χ4v) is 4.11. The third kappa shape index (κ3) is 3.49. The highest BCUT2D eigenvalue weighted by molar-refractivity contribution is 7.93. The molecule has 1 heterocycles. The fraction of sp³-hybridized carbons (Fsp3) is 0.444. The lowest BCUT2D eigenvalue weighted by Crippen LogP contribution is -2.14. The summed E-state index contributed by atoms with van der Waals surface area (Å²) in [5.41, 5.74) is -1.16. The molecule has 0 saturated heterocycles. The average Bonchev–Trinajstić information content (AvgIpc) is 2.44. The highest BCUT2D eigenvalue weighted by atomic mass is 35.5. The van der Waals surface area contributed by atoms with Crippen LogP contribution in [0.4, 0.5) is 0 Å². The number of rotatable bonds is 2. The first-order valence-electron chi connectivity index (χ1n) is 4.61. The summed E-state index contributed by atoms with van der Waals surface area (Å²) in [6, 6.07) is 1.37. The van der Waals surface area contributed by atoms with Crippen LogP contribution in [-0.4, -0.2) is 15.2 Å². The second-order valence-electron chi connectivity index (χ2n) is 3.98. The molecule has 17 heavy (non-hydrogen) atoms. The second-order valence-corrected chi connectivity index (χ2v) is 7.46. The van der Waals surface area contributed by atoms with Crippen molar-refractivity contribution < 1.29 is 14.1 Å². The van der Waals surface area contributed by atoms with E-state index in [2.05, 4.69) is 4.36 Å². The maximum absolute atomic E-state index is 12.0. The summed E-state index contributed by atoms with van der Waals surface area (Å²) in [6.07, 6.45) is 0. The third-order valence-electron chi connectivity index (χ3n) is 1.77. The minimum absolute atomic E-state index is 0.176. The summed E-state index contributed by atoms with van der Waals surface area (Å²) >= 11 is 6.90. The maximum atomic E-state index is 12.0. The van der Waals surface area contributed by atoms with Gasteiger partial charge in [-0.2, -0.15) is 0 Å². The Bertz CT molecular complexity index is 565. The van der Waals surface area contributed by atoms with Gasteiger partial charge >= 0.3 is 0 Å². The Balaban J connectivity index is 3.38. The zero-order chi connectivity index (χ0) is 13.4. The van der Waals surface area contributed by atoms with Crippen LogP contribution >= 0.6 is 22.9 Å². The Morgan fingerprint density at radius 3 is 2.53 bits per heavy atom. The molecule has 8 heteroatoms. The Labute approximate surface area is 109 Å². The van der Waals surface area contributed by atoms with E-state index in [9.17, 15) is 14.1 Å². The first kappa shape index (κ1) is 14.6. The Hall–Kier alpha value is -0.470. The van der Waals surface area contributed by atoms with Crippen molar-refractivity contribution in [2.24, 2.45) is 9.50 Å². The molecule has 1 rings (SSSR count). The molecule has 1 atom stereocenters. The molecule has 0 aliphatic rings. The van der Waals surface area contributed by atoms with Crippen molar-refractivity contribution in [2.75, 3.05) is 0 Å². The van der Waals surface area contributed by atoms with Gasteiger partial charge in [0.15, 0.2) is 9.92 Å². The molecule has 3 N–H and O–H groups in total. The third-order valence-corrected chi connectivity index (χ3v) is 5.61. The SMILES string of the molecule is CC(=O)N=S(N)(=O)c1cc(Cl)c(C(C)(C)O)s1. The second kappa shape index (κ2) is 4.66. The number of nitrogens with zero attached hydrogens (tertiary/aromatic N) is 1. The number of hydrogen-bond acceptors (Lipinski definition) is 4. The molecular formula is C9H13ClN2O3S2. The van der Waals surface area contributed by atoms with Crippen LogP contribution in [0.15, 0.2) is 14.6 Å². The van der Waals surface area contributed by atoms with E-state index < -0.39 is 21.4 Å². The quantitative estimate of drug-likeness (QED) is 0.872. The van der Waals surface area contributed by atoms with Gasteiger partial charge in [-0.25, -0.2) is 9.35 Å². The van der Waals surface area contributed by atoms with E-state index in [1.165, 1.54) is 13.0 Å². The van der Waals surface area contributed by atoms with E-state index in [1.54, 1.807) is 13.8 Å². The van der Waals surface area contributed by atoms with Gasteiger partial charge in [0.25, 0.3) is 5.91 Å². The van der Waals surface area contributed by atoms with Gasteiger partial charge in [-0.3, -0.25) is 4.79 Å². The number of carbonyl (C=O) groups excluding carboxylic acids is 1. The summed E-state index contributed by atoms with van der Waals surface area (Å²) in [4.78, 5) is 11.3. The van der Waals surface area contributed by atoms with Crippen LogP contribution in [0.1, 0.15) is 25.6 Å². The lowest BCUT2D eigenvalue weighted by molar-refractivity contribution is -0.115. The molecule has 0 saturated carbocycles. The number of aliphatic hydroxyl groups is 1. The molecule has 0 aliphatic carbocycles. The van der Waals surface area contributed by atoms with Gasteiger partial charge in [0.1, 0.15) is 4.21 Å². The van der Waals surface area contributed by atoms with Crippen molar-refractivity contribution in [1.29, 1.82) is 0 Å². The highest BCUT2D eigenvalue weighted by Crippen LogP contribution is 2.37. The van der Waals surface area contributed by atoms with Gasteiger partial charge in [0.2, 0.25) is 0 Å². The largest absolute Gasteiger partial charge is 0.385 e. The van der Waals surface area contributed by atoms with Crippen molar-refractivity contribution in [3.8, 4) is 0 Å². The number of thiophene rings is 1. The minimum Gasteiger partial charge on any atom is -0.385 e. The van der Waals surface area contributed by atoms with Crippen LogP contribution in [0, 0.1) is 0 Å². The van der Waals surface area contributed by atoms with Crippen LogP contribution in [0.3, 0.4) is 0 Å². The minimum atomic E-state index is -3.27. The summed E-state index contributed by atoms with van der Waals surface area (Å²) in [5, 5.41) is 15.6. The molecule has 0 fully saturated rings. The van der Waals surface area contributed by atoms with Gasteiger partial charge in [-0.15, -0.1) is 15.7 Å². The van der Waals surface area contributed by atoms with E-state index in [0.29, 0.717) is 4.88 Å². The van der Waals surface area contributed by atoms with E-state index in [1.807, 2.05) is 0 Å². The molecular weight excluding hydrogens is 284 g/mol. The monoisotopic (exact) mass is 296 g/mol. The lowest BCUT2D eigenvalue weighted by atomic mass is 10.1. The summed E-state index contributed by atoms with van der Waals surface area (Å²) in [5.74, 6) is -0.619. The topological polar surface area (TPSA) is 92.8 Å². The maximum Gasteiger partial charge on any atom is 0.251 e. The van der Waals surface area contributed by atoms with Crippen LogP contribution in [-0.2, 0) is 20.3 Å². The first-order chi connectivity index (χ1) is 7.54. The van der Waals surface area contributed by atoms with E-state index in [4.69, 9.17) is 16.7 Å². The van der Waals surface area contributed by atoms with Gasteiger partial charge in [-0.1, -0.05) is 11.6 Å². The van der Waals surface area contributed by atoms with E-state index >= 15 is 0 Å². The van der Waals surface area contributed by atoms with Crippen LogP contribution in [0.25, 0.3) is 0 Å². The lowest BCUT2D eigenvalue weighted by Gasteiger charge is -2.15. The first-order valence-corrected chi connectivity index (χ1v) is 7.39. The molecule has 0 aromatic carbocycles. The molecule has 0 spiro atoms. The molecule has 5 nitrogen and oxygen atoms in total. The molecule has 0 aliphatic heterocycles. The molecule has 1 amide bonds. The molecule has 0 radical (unpaired) electrons. The van der Waals surface area contributed by atoms with E-state index in [0.717, 1.165) is 11.3 Å². The zero-order valence-corrected chi connectivity index (χ0v) is 11.9. The molecule has 1 aromatic heterocycles. The highest BCUT2D eigenvalue weighted by Gasteiger charge is 2.25. The molecule has 1 aromatic rings. The predicted octanol–water partition coefficient (Wildman–Crippen LogP) is 1.88. The van der Waals surface area contributed by atoms with Gasteiger partial charge in [0, 0.05) is 6.92 Å². The van der Waals surface area contributed by atoms with Crippen molar-refractivity contribution in [1.82, 2.24) is 0 Å². The van der Waals surface area contributed by atoms with E-state index in [-0.39, 0.29) is 9.23 Å². The summed E-state index contributed by atoms with van der Waals surface area (Å²) in [7, 11) is -3.27. The molecule has 1 unspecified atom stereocenters. The number of hydrogen-bond donors (Lipinski definition) is 2. The van der Waals surface area contributed by atoms with Crippen molar-refractivity contribution in [2.45, 2.75) is 30.6 Å².